The molecule has 1 aromatic rings. The number of rotatable bonds is 7. The maximum atomic E-state index is 14.7. The molecule has 1 aliphatic heterocycles. The monoisotopic (exact) mass is 495 g/mol. The van der Waals surface area contributed by atoms with Gasteiger partial charge in [0.05, 0.1) is 0 Å². The summed E-state index contributed by atoms with van der Waals surface area (Å²) in [6.45, 7) is 9.57. The average Bonchev–Trinajstić information content (AvgIpc) is 2.82. The molecule has 5 nitrogen and oxygen atoms in total. The second-order valence-electron chi connectivity index (χ2n) is 8.19. The van der Waals surface area contributed by atoms with Crippen LogP contribution in [0, 0.1) is 5.82 Å². The van der Waals surface area contributed by atoms with Crippen LogP contribution in [0.25, 0.3) is 5.57 Å². The van der Waals surface area contributed by atoms with Gasteiger partial charge in [0.25, 0.3) is 0 Å². The van der Waals surface area contributed by atoms with Crippen molar-refractivity contribution in [2.24, 2.45) is 4.99 Å². The summed E-state index contributed by atoms with van der Waals surface area (Å²) in [5, 5.41) is 0. The van der Waals surface area contributed by atoms with Crippen LogP contribution in [-0.2, 0) is 4.74 Å². The van der Waals surface area contributed by atoms with Crippen LogP contribution in [-0.4, -0.2) is 60.1 Å². The largest absolute Gasteiger partial charge is 0.437 e. The number of ether oxygens (including phenoxy) is 1. The van der Waals surface area contributed by atoms with Crippen molar-refractivity contribution in [2.45, 2.75) is 53.3 Å². The second kappa shape index (κ2) is 12.6. The van der Waals surface area contributed by atoms with Crippen LogP contribution < -0.4 is 0 Å². The van der Waals surface area contributed by atoms with Crippen LogP contribution in [0.1, 0.15) is 46.6 Å². The lowest BCUT2D eigenvalue weighted by Crippen LogP contribution is -2.49. The summed E-state index contributed by atoms with van der Waals surface area (Å²) in [6.07, 6.45) is -1.47. The lowest BCUT2D eigenvalue weighted by Gasteiger charge is -2.37. The third-order valence-corrected chi connectivity index (χ3v) is 5.81. The average molecular weight is 496 g/mol. The Morgan fingerprint density at radius 1 is 1.14 bits per heavy atom. The number of nitrogens with zero attached hydrogens (tertiary/aromatic N) is 3. The highest BCUT2D eigenvalue weighted by atomic mass is 19.4. The molecule has 1 saturated heterocycles. The van der Waals surface area contributed by atoms with E-state index < -0.39 is 18.4 Å². The minimum Gasteiger partial charge on any atom is -0.437 e. The Balaban J connectivity index is 2.34. The fourth-order valence-electron chi connectivity index (χ4n) is 3.78. The summed E-state index contributed by atoms with van der Waals surface area (Å²) in [6, 6.07) is 6.51. The minimum absolute atomic E-state index is 0.199. The van der Waals surface area contributed by atoms with Gasteiger partial charge >= 0.3 is 12.3 Å². The fraction of sp³-hybridized carbons (Fsp3) is 0.462. The van der Waals surface area contributed by atoms with Crippen LogP contribution in [0.15, 0.2) is 58.9 Å². The molecule has 0 saturated carbocycles. The van der Waals surface area contributed by atoms with E-state index in [9.17, 15) is 22.4 Å². The Bertz CT molecular complexity index is 1000. The molecule has 1 heterocycles. The maximum Gasteiger partial charge on any atom is 0.425 e. The van der Waals surface area contributed by atoms with Gasteiger partial charge in [-0.25, -0.2) is 9.18 Å². The number of piperazine rings is 1. The molecular formula is C26H33F4N3O2. The molecule has 1 aliphatic rings. The lowest BCUT2D eigenvalue weighted by atomic mass is 9.92. The number of carbonyl (C=O) groups is 1. The predicted molar refractivity (Wildman–Crippen MR) is 130 cm³/mol. The van der Waals surface area contributed by atoms with Gasteiger partial charge in [0.15, 0.2) is 6.10 Å². The normalized spacial score (nSPS) is 17.5. The molecule has 1 aromatic carbocycles. The minimum atomic E-state index is -4.61. The van der Waals surface area contributed by atoms with Gasteiger partial charge in [-0.15, -0.1) is 0 Å². The third-order valence-electron chi connectivity index (χ3n) is 5.81. The quantitative estimate of drug-likeness (QED) is 0.243. The van der Waals surface area contributed by atoms with E-state index in [1.54, 1.807) is 24.4 Å². The van der Waals surface area contributed by atoms with Crippen molar-refractivity contribution < 1.29 is 27.1 Å². The number of halogens is 4. The molecule has 1 unspecified atom stereocenters. The number of aliphatic imine (C=N–C) groups is 1. The van der Waals surface area contributed by atoms with E-state index in [-0.39, 0.29) is 18.9 Å². The summed E-state index contributed by atoms with van der Waals surface area (Å²) < 4.78 is 57.5. The molecule has 0 N–H and O–H groups in total. The smallest absolute Gasteiger partial charge is 0.425 e. The highest BCUT2D eigenvalue weighted by molar-refractivity contribution is 6.12. The zero-order valence-corrected chi connectivity index (χ0v) is 20.8. The SMILES string of the molecule is C\C=C(C(/C(C)=N/C=C/CC)=C(/C)N1CCN(C(=O)OC(C)C(F)(F)F)CC1)\c1ccccc1F. The first-order valence-corrected chi connectivity index (χ1v) is 11.6. The molecule has 1 atom stereocenters. The number of hydrogen-bond acceptors (Lipinski definition) is 4. The lowest BCUT2D eigenvalue weighted by molar-refractivity contribution is -0.199. The first kappa shape index (κ1) is 28.1. The van der Waals surface area contributed by atoms with Crippen molar-refractivity contribution in [3.63, 3.8) is 0 Å². The Kier molecular flexibility index (Phi) is 10.1. The molecule has 0 spiro atoms. The van der Waals surface area contributed by atoms with Crippen molar-refractivity contribution in [1.82, 2.24) is 9.80 Å². The van der Waals surface area contributed by atoms with Gasteiger partial charge in [-0.3, -0.25) is 4.99 Å². The zero-order chi connectivity index (χ0) is 26.2. The van der Waals surface area contributed by atoms with Crippen LogP contribution in [0.5, 0.6) is 0 Å². The van der Waals surface area contributed by atoms with Gasteiger partial charge in [-0.2, -0.15) is 13.2 Å². The van der Waals surface area contributed by atoms with Crippen molar-refractivity contribution in [2.75, 3.05) is 26.2 Å². The Morgan fingerprint density at radius 2 is 1.74 bits per heavy atom. The topological polar surface area (TPSA) is 45.1 Å². The van der Waals surface area contributed by atoms with Crippen LogP contribution in [0.3, 0.4) is 0 Å². The Labute approximate surface area is 204 Å². The highest BCUT2D eigenvalue weighted by Crippen LogP contribution is 2.31. The molecule has 192 valence electrons. The molecule has 1 amide bonds. The number of amides is 1. The van der Waals surface area contributed by atoms with Gasteiger partial charge in [0, 0.05) is 54.9 Å². The zero-order valence-electron chi connectivity index (χ0n) is 20.8. The van der Waals surface area contributed by atoms with Crippen molar-refractivity contribution >= 4 is 17.4 Å². The van der Waals surface area contributed by atoms with Gasteiger partial charge < -0.3 is 14.5 Å². The molecule has 1 fully saturated rings. The van der Waals surface area contributed by atoms with E-state index in [2.05, 4.69) is 9.73 Å². The Morgan fingerprint density at radius 3 is 2.29 bits per heavy atom. The maximum absolute atomic E-state index is 14.7. The highest BCUT2D eigenvalue weighted by Gasteiger charge is 2.40. The van der Waals surface area contributed by atoms with Crippen LogP contribution in [0.4, 0.5) is 22.4 Å². The van der Waals surface area contributed by atoms with Crippen LogP contribution in [0.2, 0.25) is 0 Å². The van der Waals surface area contributed by atoms with E-state index in [0.717, 1.165) is 24.6 Å². The molecule has 0 bridgehead atoms. The van der Waals surface area contributed by atoms with Gasteiger partial charge in [-0.05, 0) is 45.8 Å². The number of carbonyl (C=O) groups excluding carboxylic acids is 1. The first-order valence-electron chi connectivity index (χ1n) is 11.6. The molecule has 0 aliphatic carbocycles. The second-order valence-corrected chi connectivity index (χ2v) is 8.19. The molecule has 0 radical (unpaired) electrons. The summed E-state index contributed by atoms with van der Waals surface area (Å²) in [7, 11) is 0. The first-order chi connectivity index (χ1) is 16.5. The van der Waals surface area contributed by atoms with Crippen molar-refractivity contribution in [3.8, 4) is 0 Å². The number of allylic oxidation sites excluding steroid dienone is 5. The molecule has 0 aromatic heterocycles. The van der Waals surface area contributed by atoms with E-state index in [0.29, 0.717) is 29.9 Å². The van der Waals surface area contributed by atoms with Gasteiger partial charge in [-0.1, -0.05) is 37.3 Å². The third kappa shape index (κ3) is 7.44. The number of alkyl halides is 3. The van der Waals surface area contributed by atoms with Gasteiger partial charge in [0.1, 0.15) is 5.82 Å². The van der Waals surface area contributed by atoms with Crippen molar-refractivity contribution in [3.05, 3.63) is 65.3 Å². The standard InChI is InChI=1S/C26H33F4N3O2/c1-6-8-13-31-18(3)24(21(7-2)22-11-9-10-12-23(22)27)19(4)32-14-16-33(17-15-32)25(34)35-20(5)26(28,29)30/h7-13,20H,6,14-17H2,1-5H3/b13-8+,21-7-,24-19-,31-18+. The summed E-state index contributed by atoms with van der Waals surface area (Å²) in [5.74, 6) is -0.353. The van der Waals surface area contributed by atoms with E-state index >= 15 is 0 Å². The van der Waals surface area contributed by atoms with E-state index in [1.807, 2.05) is 44.7 Å². The predicted octanol–water partition coefficient (Wildman–Crippen LogP) is 6.59. The molecule has 2 rings (SSSR count). The summed E-state index contributed by atoms with van der Waals surface area (Å²) >= 11 is 0. The fourth-order valence-corrected chi connectivity index (χ4v) is 3.78. The van der Waals surface area contributed by atoms with E-state index in [1.165, 1.54) is 11.0 Å². The van der Waals surface area contributed by atoms with Crippen molar-refractivity contribution in [1.29, 1.82) is 0 Å². The van der Waals surface area contributed by atoms with Crippen LogP contribution >= 0.6 is 0 Å². The molecular weight excluding hydrogens is 462 g/mol. The summed E-state index contributed by atoms with van der Waals surface area (Å²) in [5.41, 5.74) is 3.43. The molecule has 9 heteroatoms. The molecule has 35 heavy (non-hydrogen) atoms. The van der Waals surface area contributed by atoms with E-state index in [4.69, 9.17) is 0 Å². The van der Waals surface area contributed by atoms with Gasteiger partial charge in [0.2, 0.25) is 0 Å². The summed E-state index contributed by atoms with van der Waals surface area (Å²) in [4.78, 5) is 20.0. The Hall–Kier alpha value is -3.10. The number of benzene rings is 1. The number of hydrogen-bond donors (Lipinski definition) is 0.